The first-order chi connectivity index (χ1) is 10.2. The van der Waals surface area contributed by atoms with Crippen LogP contribution in [0.4, 0.5) is 0 Å². The summed E-state index contributed by atoms with van der Waals surface area (Å²) in [6.07, 6.45) is 12.4. The molecule has 0 aromatic rings. The van der Waals surface area contributed by atoms with Crippen molar-refractivity contribution in [1.82, 2.24) is 0 Å². The van der Waals surface area contributed by atoms with Crippen molar-refractivity contribution in [1.29, 1.82) is 0 Å². The van der Waals surface area contributed by atoms with Gasteiger partial charge < -0.3 is 9.84 Å². The SMILES string of the molecule is CCCCCCCOC(=O)CCCCCCCCC(=O)O. The monoisotopic (exact) mass is 300 g/mol. The molecular formula is C17H32O4. The summed E-state index contributed by atoms with van der Waals surface area (Å²) >= 11 is 0. The first kappa shape index (κ1) is 19.9. The molecule has 0 aromatic heterocycles. The van der Waals surface area contributed by atoms with Crippen molar-refractivity contribution in [2.24, 2.45) is 0 Å². The predicted octanol–water partition coefficient (Wildman–Crippen LogP) is 4.71. The van der Waals surface area contributed by atoms with E-state index in [1.165, 1.54) is 19.3 Å². The van der Waals surface area contributed by atoms with Crippen LogP contribution in [0.3, 0.4) is 0 Å². The van der Waals surface area contributed by atoms with E-state index in [-0.39, 0.29) is 12.4 Å². The van der Waals surface area contributed by atoms with Gasteiger partial charge in [-0.15, -0.1) is 0 Å². The van der Waals surface area contributed by atoms with E-state index in [0.717, 1.165) is 51.4 Å². The van der Waals surface area contributed by atoms with Crippen LogP contribution in [0.15, 0.2) is 0 Å². The van der Waals surface area contributed by atoms with Crippen molar-refractivity contribution in [2.45, 2.75) is 90.4 Å². The van der Waals surface area contributed by atoms with Gasteiger partial charge in [0, 0.05) is 12.8 Å². The molecule has 0 aromatic carbocycles. The quantitative estimate of drug-likeness (QED) is 0.351. The van der Waals surface area contributed by atoms with Gasteiger partial charge in [-0.1, -0.05) is 58.3 Å². The van der Waals surface area contributed by atoms with Gasteiger partial charge >= 0.3 is 11.9 Å². The molecule has 0 radical (unpaired) electrons. The zero-order chi connectivity index (χ0) is 15.8. The van der Waals surface area contributed by atoms with Gasteiger partial charge in [0.05, 0.1) is 6.61 Å². The molecule has 0 rings (SSSR count). The Hall–Kier alpha value is -1.06. The van der Waals surface area contributed by atoms with Crippen molar-refractivity contribution in [3.63, 3.8) is 0 Å². The van der Waals surface area contributed by atoms with Crippen LogP contribution in [0, 0.1) is 0 Å². The summed E-state index contributed by atoms with van der Waals surface area (Å²) in [6.45, 7) is 2.75. The summed E-state index contributed by atoms with van der Waals surface area (Å²) in [5.41, 5.74) is 0. The second kappa shape index (κ2) is 15.3. The lowest BCUT2D eigenvalue weighted by atomic mass is 10.1. The third-order valence-corrected chi connectivity index (χ3v) is 3.53. The number of carboxylic acids is 1. The molecule has 21 heavy (non-hydrogen) atoms. The summed E-state index contributed by atoms with van der Waals surface area (Å²) in [6, 6.07) is 0. The molecule has 0 aliphatic rings. The number of unbranched alkanes of at least 4 members (excludes halogenated alkanes) is 9. The number of carbonyl (C=O) groups is 2. The van der Waals surface area contributed by atoms with Crippen LogP contribution >= 0.6 is 0 Å². The number of carbonyl (C=O) groups excluding carboxylic acids is 1. The molecule has 0 saturated heterocycles. The fraction of sp³-hybridized carbons (Fsp3) is 0.882. The molecule has 0 atom stereocenters. The van der Waals surface area contributed by atoms with Crippen LogP contribution in [0.5, 0.6) is 0 Å². The van der Waals surface area contributed by atoms with E-state index in [0.29, 0.717) is 13.0 Å². The average Bonchev–Trinajstić information content (AvgIpc) is 2.45. The van der Waals surface area contributed by atoms with Gasteiger partial charge in [-0.2, -0.15) is 0 Å². The van der Waals surface area contributed by atoms with Gasteiger partial charge in [0.25, 0.3) is 0 Å². The summed E-state index contributed by atoms with van der Waals surface area (Å²) in [5, 5.41) is 8.50. The molecular weight excluding hydrogens is 268 g/mol. The van der Waals surface area contributed by atoms with Gasteiger partial charge in [0.15, 0.2) is 0 Å². The van der Waals surface area contributed by atoms with Crippen molar-refractivity contribution in [3.05, 3.63) is 0 Å². The third-order valence-electron chi connectivity index (χ3n) is 3.53. The van der Waals surface area contributed by atoms with Crippen LogP contribution in [0.2, 0.25) is 0 Å². The molecule has 0 heterocycles. The molecule has 0 bridgehead atoms. The highest BCUT2D eigenvalue weighted by atomic mass is 16.5. The maximum absolute atomic E-state index is 11.5. The van der Waals surface area contributed by atoms with E-state index >= 15 is 0 Å². The Balaban J connectivity index is 3.17. The van der Waals surface area contributed by atoms with E-state index in [1.807, 2.05) is 0 Å². The summed E-state index contributed by atoms with van der Waals surface area (Å²) in [7, 11) is 0. The zero-order valence-corrected chi connectivity index (χ0v) is 13.6. The molecule has 0 aliphatic carbocycles. The van der Waals surface area contributed by atoms with Crippen LogP contribution < -0.4 is 0 Å². The molecule has 0 saturated carbocycles. The number of hydrogen-bond donors (Lipinski definition) is 1. The van der Waals surface area contributed by atoms with E-state index in [4.69, 9.17) is 9.84 Å². The van der Waals surface area contributed by atoms with Crippen molar-refractivity contribution >= 4 is 11.9 Å². The van der Waals surface area contributed by atoms with E-state index < -0.39 is 5.97 Å². The highest BCUT2D eigenvalue weighted by Crippen LogP contribution is 2.09. The van der Waals surface area contributed by atoms with Gasteiger partial charge in [0.2, 0.25) is 0 Å². The van der Waals surface area contributed by atoms with Crippen LogP contribution in [-0.4, -0.2) is 23.7 Å². The molecule has 124 valence electrons. The lowest BCUT2D eigenvalue weighted by Crippen LogP contribution is -2.05. The molecule has 0 unspecified atom stereocenters. The lowest BCUT2D eigenvalue weighted by molar-refractivity contribution is -0.144. The number of carboxylic acid groups (broad SMARTS) is 1. The molecule has 0 fully saturated rings. The maximum Gasteiger partial charge on any atom is 0.305 e. The molecule has 4 heteroatoms. The minimum Gasteiger partial charge on any atom is -0.481 e. The Labute approximate surface area is 129 Å². The number of esters is 1. The first-order valence-electron chi connectivity index (χ1n) is 8.54. The largest absolute Gasteiger partial charge is 0.481 e. The molecule has 0 amide bonds. The number of hydrogen-bond acceptors (Lipinski definition) is 3. The number of rotatable bonds is 15. The smallest absolute Gasteiger partial charge is 0.305 e. The van der Waals surface area contributed by atoms with Crippen LogP contribution in [0.1, 0.15) is 90.4 Å². The van der Waals surface area contributed by atoms with Crippen LogP contribution in [0.25, 0.3) is 0 Å². The second-order valence-corrected chi connectivity index (χ2v) is 5.65. The molecule has 1 N–H and O–H groups in total. The third kappa shape index (κ3) is 16.9. The summed E-state index contributed by atoms with van der Waals surface area (Å²) in [4.78, 5) is 21.8. The minimum atomic E-state index is -0.715. The first-order valence-corrected chi connectivity index (χ1v) is 8.54. The predicted molar refractivity (Wildman–Crippen MR) is 84.3 cm³/mol. The Morgan fingerprint density at radius 1 is 0.762 bits per heavy atom. The zero-order valence-electron chi connectivity index (χ0n) is 13.6. The minimum absolute atomic E-state index is 0.0728. The van der Waals surface area contributed by atoms with E-state index in [1.54, 1.807) is 0 Å². The van der Waals surface area contributed by atoms with Crippen LogP contribution in [-0.2, 0) is 14.3 Å². The van der Waals surface area contributed by atoms with Crippen molar-refractivity contribution < 1.29 is 19.4 Å². The topological polar surface area (TPSA) is 63.6 Å². The van der Waals surface area contributed by atoms with Crippen molar-refractivity contribution in [3.8, 4) is 0 Å². The number of ether oxygens (including phenoxy) is 1. The van der Waals surface area contributed by atoms with Gasteiger partial charge in [-0.3, -0.25) is 9.59 Å². The summed E-state index contributed by atoms with van der Waals surface area (Å²) in [5.74, 6) is -0.788. The Morgan fingerprint density at radius 3 is 1.90 bits per heavy atom. The van der Waals surface area contributed by atoms with Gasteiger partial charge in [-0.25, -0.2) is 0 Å². The van der Waals surface area contributed by atoms with Gasteiger partial charge in [0.1, 0.15) is 0 Å². The standard InChI is InChI=1S/C17H32O4/c1-2-3-4-9-12-15-21-17(20)14-11-8-6-5-7-10-13-16(18)19/h2-15H2,1H3,(H,18,19). The Kier molecular flexibility index (Phi) is 14.6. The van der Waals surface area contributed by atoms with Gasteiger partial charge in [-0.05, 0) is 19.3 Å². The fourth-order valence-corrected chi connectivity index (χ4v) is 2.22. The molecule has 4 nitrogen and oxygen atoms in total. The Bertz CT molecular complexity index is 264. The van der Waals surface area contributed by atoms with E-state index in [2.05, 4.69) is 6.92 Å². The second-order valence-electron chi connectivity index (χ2n) is 5.65. The fourth-order valence-electron chi connectivity index (χ4n) is 2.22. The normalized spacial score (nSPS) is 10.5. The average molecular weight is 300 g/mol. The highest BCUT2D eigenvalue weighted by Gasteiger charge is 2.02. The highest BCUT2D eigenvalue weighted by molar-refractivity contribution is 5.69. The maximum atomic E-state index is 11.5. The Morgan fingerprint density at radius 2 is 1.29 bits per heavy atom. The van der Waals surface area contributed by atoms with E-state index in [9.17, 15) is 9.59 Å². The van der Waals surface area contributed by atoms with Crippen molar-refractivity contribution in [2.75, 3.05) is 6.61 Å². The summed E-state index contributed by atoms with van der Waals surface area (Å²) < 4.78 is 5.19. The molecule has 0 aliphatic heterocycles. The molecule has 0 spiro atoms. The lowest BCUT2D eigenvalue weighted by Gasteiger charge is -2.05. The number of aliphatic carboxylic acids is 1.